The molecule has 0 saturated heterocycles. The van der Waals surface area contributed by atoms with E-state index in [2.05, 4.69) is 5.32 Å². The van der Waals surface area contributed by atoms with Crippen LogP contribution in [0.4, 0.5) is 24.5 Å². The first-order valence-electron chi connectivity index (χ1n) is 4.98. The van der Waals surface area contributed by atoms with Crippen LogP contribution in [0.15, 0.2) is 18.2 Å². The summed E-state index contributed by atoms with van der Waals surface area (Å²) in [5.74, 6) is -1.28. The number of carboxylic acid groups (broad SMARTS) is 1. The van der Waals surface area contributed by atoms with Crippen LogP contribution in [0.1, 0.15) is 12.5 Å². The number of carboxylic acids is 1. The molecule has 0 saturated carbocycles. The molecule has 1 rings (SSSR count). The molecule has 0 spiro atoms. The van der Waals surface area contributed by atoms with Crippen molar-refractivity contribution in [3.05, 3.63) is 33.9 Å². The van der Waals surface area contributed by atoms with E-state index in [0.29, 0.717) is 12.1 Å². The Bertz CT molecular complexity index is 516. The van der Waals surface area contributed by atoms with Gasteiger partial charge in [-0.1, -0.05) is 0 Å². The molecule has 104 valence electrons. The predicted octanol–water partition coefficient (Wildman–Crippen LogP) is 2.50. The van der Waals surface area contributed by atoms with E-state index in [1.807, 2.05) is 0 Å². The Balaban J connectivity index is 3.19. The molecule has 0 aliphatic carbocycles. The summed E-state index contributed by atoms with van der Waals surface area (Å²) in [6.07, 6.45) is -4.71. The number of aliphatic carboxylic acids is 1. The Morgan fingerprint density at radius 2 is 2.05 bits per heavy atom. The molecule has 0 heterocycles. The summed E-state index contributed by atoms with van der Waals surface area (Å²) in [6.45, 7) is 1.21. The molecule has 0 unspecified atom stereocenters. The lowest BCUT2D eigenvalue weighted by Gasteiger charge is -2.12. The average molecular weight is 278 g/mol. The standard InChI is InChI=1S/C10H9F3N2O4/c1-5(9(16)17)14-7-3-2-6(10(11,12)13)4-8(7)15(18)19/h2-5,14H,1H3,(H,16,17)/t5-/m1/s1. The Labute approximate surface area is 105 Å². The van der Waals surface area contributed by atoms with Crippen molar-refractivity contribution in [2.24, 2.45) is 0 Å². The van der Waals surface area contributed by atoms with Crippen LogP contribution in [0.2, 0.25) is 0 Å². The number of nitro benzene ring substituents is 1. The van der Waals surface area contributed by atoms with E-state index in [4.69, 9.17) is 5.11 Å². The van der Waals surface area contributed by atoms with E-state index in [1.165, 1.54) is 6.92 Å². The molecular weight excluding hydrogens is 269 g/mol. The monoisotopic (exact) mass is 278 g/mol. The summed E-state index contributed by atoms with van der Waals surface area (Å²) in [7, 11) is 0. The molecule has 1 atom stereocenters. The summed E-state index contributed by atoms with van der Waals surface area (Å²) in [6, 6.07) is 0.664. The first kappa shape index (κ1) is 14.7. The first-order valence-corrected chi connectivity index (χ1v) is 4.98. The van der Waals surface area contributed by atoms with Gasteiger partial charge >= 0.3 is 12.1 Å². The number of nitrogens with one attached hydrogen (secondary N) is 1. The highest BCUT2D eigenvalue weighted by molar-refractivity contribution is 5.78. The minimum absolute atomic E-state index is 0.284. The quantitative estimate of drug-likeness (QED) is 0.652. The van der Waals surface area contributed by atoms with E-state index in [9.17, 15) is 28.1 Å². The van der Waals surface area contributed by atoms with Gasteiger partial charge in [-0.15, -0.1) is 0 Å². The molecule has 0 fully saturated rings. The van der Waals surface area contributed by atoms with Crippen LogP contribution in [0.3, 0.4) is 0 Å². The molecule has 0 aliphatic heterocycles. The normalized spacial score (nSPS) is 12.8. The lowest BCUT2D eigenvalue weighted by Crippen LogP contribution is -2.25. The predicted molar refractivity (Wildman–Crippen MR) is 58.8 cm³/mol. The van der Waals surface area contributed by atoms with E-state index >= 15 is 0 Å². The minimum Gasteiger partial charge on any atom is -0.480 e. The van der Waals surface area contributed by atoms with Crippen LogP contribution < -0.4 is 5.32 Å². The van der Waals surface area contributed by atoms with Crippen LogP contribution in [0, 0.1) is 10.1 Å². The van der Waals surface area contributed by atoms with Crippen LogP contribution in [-0.4, -0.2) is 22.0 Å². The Hall–Kier alpha value is -2.32. The van der Waals surface area contributed by atoms with Crippen LogP contribution >= 0.6 is 0 Å². The van der Waals surface area contributed by atoms with Crippen molar-refractivity contribution in [2.45, 2.75) is 19.1 Å². The summed E-state index contributed by atoms with van der Waals surface area (Å²) >= 11 is 0. The van der Waals surface area contributed by atoms with Crippen molar-refractivity contribution >= 4 is 17.3 Å². The van der Waals surface area contributed by atoms with Crippen LogP contribution in [-0.2, 0) is 11.0 Å². The maximum absolute atomic E-state index is 12.4. The van der Waals surface area contributed by atoms with Crippen LogP contribution in [0.5, 0.6) is 0 Å². The van der Waals surface area contributed by atoms with Gasteiger partial charge in [0.15, 0.2) is 0 Å². The molecule has 0 radical (unpaired) electrons. The number of alkyl halides is 3. The molecule has 1 aromatic rings. The molecule has 0 amide bonds. The molecular formula is C10H9F3N2O4. The highest BCUT2D eigenvalue weighted by Crippen LogP contribution is 2.35. The van der Waals surface area contributed by atoms with Crippen molar-refractivity contribution in [3.63, 3.8) is 0 Å². The second kappa shape index (κ2) is 5.12. The molecule has 0 aromatic heterocycles. The molecule has 2 N–H and O–H groups in total. The Kier molecular flexibility index (Phi) is 3.98. The SMILES string of the molecule is C[C@@H](Nc1ccc(C(F)(F)F)cc1[N+](=O)[O-])C(=O)O. The van der Waals surface area contributed by atoms with E-state index in [-0.39, 0.29) is 5.69 Å². The number of rotatable bonds is 4. The zero-order chi connectivity index (χ0) is 14.8. The second-order valence-electron chi connectivity index (χ2n) is 3.69. The van der Waals surface area contributed by atoms with Crippen molar-refractivity contribution in [2.75, 3.05) is 5.32 Å². The van der Waals surface area contributed by atoms with Crippen molar-refractivity contribution in [3.8, 4) is 0 Å². The number of anilines is 1. The van der Waals surface area contributed by atoms with Gasteiger partial charge in [-0.3, -0.25) is 14.9 Å². The van der Waals surface area contributed by atoms with Crippen molar-refractivity contribution < 1.29 is 28.0 Å². The fourth-order valence-corrected chi connectivity index (χ4v) is 1.28. The molecule has 6 nitrogen and oxygen atoms in total. The number of hydrogen-bond donors (Lipinski definition) is 2. The number of hydrogen-bond acceptors (Lipinski definition) is 4. The zero-order valence-electron chi connectivity index (χ0n) is 9.56. The van der Waals surface area contributed by atoms with Crippen molar-refractivity contribution in [1.29, 1.82) is 0 Å². The molecule has 1 aromatic carbocycles. The van der Waals surface area contributed by atoms with Crippen LogP contribution in [0.25, 0.3) is 0 Å². The summed E-state index contributed by atoms with van der Waals surface area (Å²) in [4.78, 5) is 20.3. The van der Waals surface area contributed by atoms with Gasteiger partial charge in [-0.25, -0.2) is 0 Å². The number of nitrogens with zero attached hydrogens (tertiary/aromatic N) is 1. The van der Waals surface area contributed by atoms with E-state index < -0.39 is 34.4 Å². The van der Waals surface area contributed by atoms with E-state index in [0.717, 1.165) is 6.07 Å². The first-order chi connectivity index (χ1) is 8.62. The third-order valence-corrected chi connectivity index (χ3v) is 2.26. The fraction of sp³-hybridized carbons (Fsp3) is 0.300. The van der Waals surface area contributed by atoms with Gasteiger partial charge in [0.1, 0.15) is 11.7 Å². The molecule has 19 heavy (non-hydrogen) atoms. The van der Waals surface area contributed by atoms with Gasteiger partial charge in [-0.05, 0) is 19.1 Å². The summed E-state index contributed by atoms with van der Waals surface area (Å²) in [5, 5.41) is 21.6. The minimum atomic E-state index is -4.71. The topological polar surface area (TPSA) is 92.5 Å². The number of carbonyl (C=O) groups is 1. The second-order valence-corrected chi connectivity index (χ2v) is 3.69. The third kappa shape index (κ3) is 3.57. The number of nitro groups is 1. The van der Waals surface area contributed by atoms with Gasteiger partial charge < -0.3 is 10.4 Å². The zero-order valence-corrected chi connectivity index (χ0v) is 9.56. The molecule has 0 bridgehead atoms. The van der Waals surface area contributed by atoms with Gasteiger partial charge in [0.25, 0.3) is 5.69 Å². The van der Waals surface area contributed by atoms with Crippen molar-refractivity contribution in [1.82, 2.24) is 0 Å². The maximum atomic E-state index is 12.4. The van der Waals surface area contributed by atoms with Gasteiger partial charge in [0.05, 0.1) is 10.5 Å². The third-order valence-electron chi connectivity index (χ3n) is 2.26. The van der Waals surface area contributed by atoms with Gasteiger partial charge in [0, 0.05) is 6.07 Å². The number of benzene rings is 1. The molecule has 9 heteroatoms. The summed E-state index contributed by atoms with van der Waals surface area (Å²) < 4.78 is 37.2. The largest absolute Gasteiger partial charge is 0.480 e. The smallest absolute Gasteiger partial charge is 0.416 e. The Morgan fingerprint density at radius 3 is 2.47 bits per heavy atom. The lowest BCUT2D eigenvalue weighted by atomic mass is 10.1. The average Bonchev–Trinajstić information content (AvgIpc) is 2.27. The maximum Gasteiger partial charge on any atom is 0.416 e. The highest BCUT2D eigenvalue weighted by atomic mass is 19.4. The van der Waals surface area contributed by atoms with Gasteiger partial charge in [0.2, 0.25) is 0 Å². The highest BCUT2D eigenvalue weighted by Gasteiger charge is 2.33. The number of halogens is 3. The lowest BCUT2D eigenvalue weighted by molar-refractivity contribution is -0.384. The summed E-state index contributed by atoms with van der Waals surface area (Å²) in [5.41, 5.74) is -2.29. The van der Waals surface area contributed by atoms with Gasteiger partial charge in [-0.2, -0.15) is 13.2 Å². The Morgan fingerprint density at radius 1 is 1.47 bits per heavy atom. The van der Waals surface area contributed by atoms with E-state index in [1.54, 1.807) is 0 Å². The fourth-order valence-electron chi connectivity index (χ4n) is 1.28. The molecule has 0 aliphatic rings.